The summed E-state index contributed by atoms with van der Waals surface area (Å²) in [5.41, 5.74) is 1.53. The highest BCUT2D eigenvalue weighted by molar-refractivity contribution is 5.99. The Balaban J connectivity index is 1.67. The number of aromatic nitrogens is 3. The highest BCUT2D eigenvalue weighted by Crippen LogP contribution is 2.50. The Morgan fingerprint density at radius 1 is 1.11 bits per heavy atom. The summed E-state index contributed by atoms with van der Waals surface area (Å²) in [5, 5.41) is 18.3. The van der Waals surface area contributed by atoms with E-state index < -0.39 is 23.3 Å². The van der Waals surface area contributed by atoms with Gasteiger partial charge >= 0.3 is 5.97 Å². The molecule has 0 spiro atoms. The normalized spacial score (nSPS) is 23.5. The topological polar surface area (TPSA) is 80.1 Å². The predicted octanol–water partition coefficient (Wildman–Crippen LogP) is 5.74. The summed E-state index contributed by atoms with van der Waals surface area (Å²) in [7, 11) is 0. The van der Waals surface area contributed by atoms with Crippen molar-refractivity contribution in [3.63, 3.8) is 0 Å². The van der Waals surface area contributed by atoms with E-state index in [0.29, 0.717) is 25.3 Å². The first-order valence-electron chi connectivity index (χ1n) is 11.8. The molecule has 6 rings (SSSR count). The SMILES string of the molecule is O=C(O)[C@]1(F)CC[C@@H](c2c(C3CCOCC3)n(-c3ccc(F)c(F)c3)c3cc4cn[nH]c4cc23)C1. The van der Waals surface area contributed by atoms with E-state index in [1.807, 2.05) is 16.7 Å². The fourth-order valence-corrected chi connectivity index (χ4v) is 5.91. The van der Waals surface area contributed by atoms with Crippen LogP contribution in [0.25, 0.3) is 27.5 Å². The Morgan fingerprint density at radius 2 is 1.91 bits per heavy atom. The molecule has 0 unspecified atom stereocenters. The number of halogens is 3. The van der Waals surface area contributed by atoms with Gasteiger partial charge in [0.05, 0.1) is 17.2 Å². The van der Waals surface area contributed by atoms with Crippen molar-refractivity contribution >= 4 is 27.8 Å². The van der Waals surface area contributed by atoms with Crippen LogP contribution in [0.2, 0.25) is 0 Å². The number of nitrogens with one attached hydrogen (secondary N) is 1. The zero-order valence-electron chi connectivity index (χ0n) is 18.9. The molecule has 9 heteroatoms. The second kappa shape index (κ2) is 8.12. The summed E-state index contributed by atoms with van der Waals surface area (Å²) < 4.78 is 51.0. The van der Waals surface area contributed by atoms with Crippen LogP contribution in [0, 0.1) is 11.6 Å². The summed E-state index contributed by atoms with van der Waals surface area (Å²) in [6.07, 6.45) is 3.33. The second-order valence-electron chi connectivity index (χ2n) is 9.66. The average Bonchev–Trinajstić information content (AvgIpc) is 3.55. The smallest absolute Gasteiger partial charge is 0.341 e. The number of hydrogen-bond acceptors (Lipinski definition) is 3. The molecule has 1 aliphatic heterocycles. The molecule has 0 bridgehead atoms. The van der Waals surface area contributed by atoms with Crippen LogP contribution >= 0.6 is 0 Å². The van der Waals surface area contributed by atoms with Gasteiger partial charge in [0.25, 0.3) is 0 Å². The minimum atomic E-state index is -2.29. The number of fused-ring (bicyclic) bond motifs is 2. The van der Waals surface area contributed by atoms with Gasteiger partial charge in [-0.25, -0.2) is 18.0 Å². The molecular weight excluding hydrogens is 459 g/mol. The fraction of sp³-hybridized carbons (Fsp3) is 0.385. The minimum Gasteiger partial charge on any atom is -0.479 e. The van der Waals surface area contributed by atoms with Gasteiger partial charge in [0.2, 0.25) is 5.67 Å². The van der Waals surface area contributed by atoms with E-state index in [1.54, 1.807) is 6.20 Å². The molecule has 1 aliphatic carbocycles. The number of carboxylic acids is 1. The third kappa shape index (κ3) is 3.52. The average molecular weight is 483 g/mol. The van der Waals surface area contributed by atoms with Crippen molar-refractivity contribution in [2.24, 2.45) is 0 Å². The number of benzene rings is 2. The number of rotatable bonds is 4. The quantitative estimate of drug-likeness (QED) is 0.388. The van der Waals surface area contributed by atoms with Crippen molar-refractivity contribution in [3.8, 4) is 5.69 Å². The van der Waals surface area contributed by atoms with Crippen LogP contribution < -0.4 is 0 Å². The van der Waals surface area contributed by atoms with E-state index in [4.69, 9.17) is 4.74 Å². The molecule has 6 nitrogen and oxygen atoms in total. The molecule has 2 N–H and O–H groups in total. The first-order valence-corrected chi connectivity index (χ1v) is 11.8. The number of hydrogen-bond donors (Lipinski definition) is 2. The van der Waals surface area contributed by atoms with E-state index in [1.165, 1.54) is 12.1 Å². The number of carboxylic acid groups (broad SMARTS) is 1. The largest absolute Gasteiger partial charge is 0.479 e. The lowest BCUT2D eigenvalue weighted by Gasteiger charge is -2.27. The van der Waals surface area contributed by atoms with Crippen LogP contribution in [-0.4, -0.2) is 44.7 Å². The molecule has 2 aromatic heterocycles. The van der Waals surface area contributed by atoms with Gasteiger partial charge in [-0.1, -0.05) is 0 Å². The van der Waals surface area contributed by atoms with Crippen LogP contribution in [0.15, 0.2) is 36.5 Å². The van der Waals surface area contributed by atoms with Crippen LogP contribution in [0.5, 0.6) is 0 Å². The molecular formula is C26H24F3N3O3. The number of alkyl halides is 1. The highest BCUT2D eigenvalue weighted by atomic mass is 19.2. The standard InChI is InChI=1S/C26H24F3N3O3/c27-19-2-1-17(10-20(19)28)32-22-9-16-13-30-31-21(16)11-18(22)23(24(32)14-4-7-35-8-5-14)15-3-6-26(29,12-15)25(33)34/h1-2,9-11,13-15H,3-8,12H2,(H,30,31)(H,33,34)/t15-,26+/m1/s1. The Hall–Kier alpha value is -3.33. The Labute approximate surface area is 198 Å². The maximum atomic E-state index is 15.2. The number of aromatic amines is 1. The Kier molecular flexibility index (Phi) is 5.14. The maximum absolute atomic E-state index is 15.2. The molecule has 1 saturated carbocycles. The number of carbonyl (C=O) groups is 1. The van der Waals surface area contributed by atoms with E-state index in [9.17, 15) is 18.7 Å². The molecule has 2 aliphatic rings. The van der Waals surface area contributed by atoms with E-state index in [2.05, 4.69) is 10.2 Å². The van der Waals surface area contributed by atoms with Crippen LogP contribution in [-0.2, 0) is 9.53 Å². The fourth-order valence-electron chi connectivity index (χ4n) is 5.91. The van der Waals surface area contributed by atoms with Gasteiger partial charge in [-0.05, 0) is 67.9 Å². The highest BCUT2D eigenvalue weighted by Gasteiger charge is 2.48. The number of nitrogens with zero attached hydrogens (tertiary/aromatic N) is 2. The third-order valence-electron chi connectivity index (χ3n) is 7.62. The summed E-state index contributed by atoms with van der Waals surface area (Å²) >= 11 is 0. The summed E-state index contributed by atoms with van der Waals surface area (Å²) in [6, 6.07) is 7.70. The van der Waals surface area contributed by atoms with E-state index in [-0.39, 0.29) is 24.7 Å². The molecule has 2 fully saturated rings. The van der Waals surface area contributed by atoms with Crippen LogP contribution in [0.4, 0.5) is 13.2 Å². The van der Waals surface area contributed by atoms with Gasteiger partial charge in [0.15, 0.2) is 11.6 Å². The van der Waals surface area contributed by atoms with Crippen molar-refractivity contribution < 1.29 is 27.8 Å². The van der Waals surface area contributed by atoms with Crippen molar-refractivity contribution in [2.45, 2.75) is 49.6 Å². The van der Waals surface area contributed by atoms with Crippen molar-refractivity contribution in [3.05, 3.63) is 59.4 Å². The van der Waals surface area contributed by atoms with Crippen LogP contribution in [0.3, 0.4) is 0 Å². The molecule has 3 heterocycles. The first-order chi connectivity index (χ1) is 16.9. The van der Waals surface area contributed by atoms with Crippen LogP contribution in [0.1, 0.15) is 55.2 Å². The number of ether oxygens (including phenoxy) is 1. The Bertz CT molecular complexity index is 1460. The lowest BCUT2D eigenvalue weighted by atomic mass is 9.86. The summed E-state index contributed by atoms with van der Waals surface area (Å²) in [4.78, 5) is 11.7. The van der Waals surface area contributed by atoms with Gasteiger partial charge in [0, 0.05) is 47.4 Å². The first kappa shape index (κ1) is 22.2. The lowest BCUT2D eigenvalue weighted by molar-refractivity contribution is -0.150. The maximum Gasteiger partial charge on any atom is 0.341 e. The van der Waals surface area contributed by atoms with Crippen molar-refractivity contribution in [1.82, 2.24) is 14.8 Å². The predicted molar refractivity (Wildman–Crippen MR) is 124 cm³/mol. The van der Waals surface area contributed by atoms with Crippen molar-refractivity contribution in [2.75, 3.05) is 13.2 Å². The number of H-pyrrole nitrogens is 1. The molecule has 1 saturated heterocycles. The monoisotopic (exact) mass is 483 g/mol. The van der Waals surface area contributed by atoms with E-state index >= 15 is 4.39 Å². The summed E-state index contributed by atoms with van der Waals surface area (Å²) in [5.74, 6) is -3.62. The summed E-state index contributed by atoms with van der Waals surface area (Å²) in [6.45, 7) is 1.11. The third-order valence-corrected chi connectivity index (χ3v) is 7.62. The zero-order chi connectivity index (χ0) is 24.3. The molecule has 4 aromatic rings. The molecule has 0 radical (unpaired) electrons. The second-order valence-corrected chi connectivity index (χ2v) is 9.66. The molecule has 35 heavy (non-hydrogen) atoms. The molecule has 0 amide bonds. The van der Waals surface area contributed by atoms with Gasteiger partial charge < -0.3 is 14.4 Å². The molecule has 182 valence electrons. The van der Waals surface area contributed by atoms with Gasteiger partial charge in [0.1, 0.15) is 0 Å². The minimum absolute atomic E-state index is 0.0372. The zero-order valence-corrected chi connectivity index (χ0v) is 18.9. The lowest BCUT2D eigenvalue weighted by Crippen LogP contribution is -2.30. The van der Waals surface area contributed by atoms with Crippen molar-refractivity contribution in [1.29, 1.82) is 0 Å². The van der Waals surface area contributed by atoms with Gasteiger partial charge in [-0.15, -0.1) is 0 Å². The van der Waals surface area contributed by atoms with Gasteiger partial charge in [-0.3, -0.25) is 5.10 Å². The Morgan fingerprint density at radius 3 is 2.63 bits per heavy atom. The number of aliphatic carboxylic acids is 1. The molecule has 2 aromatic carbocycles. The van der Waals surface area contributed by atoms with E-state index in [0.717, 1.165) is 52.0 Å². The van der Waals surface area contributed by atoms with Gasteiger partial charge in [-0.2, -0.15) is 5.10 Å². The molecule has 2 atom stereocenters.